The maximum atomic E-state index is 5.90. The SMILES string of the molecule is Nc1cc(Cl)ccc1SCc1cccc(Br)c1. The van der Waals surface area contributed by atoms with Crippen LogP contribution < -0.4 is 5.73 Å². The van der Waals surface area contributed by atoms with Crippen LogP contribution in [-0.4, -0.2) is 0 Å². The van der Waals surface area contributed by atoms with Gasteiger partial charge in [0.1, 0.15) is 0 Å². The Morgan fingerprint density at radius 1 is 1.18 bits per heavy atom. The third-order valence-electron chi connectivity index (χ3n) is 2.26. The fraction of sp³-hybridized carbons (Fsp3) is 0.0769. The van der Waals surface area contributed by atoms with Gasteiger partial charge in [0.15, 0.2) is 0 Å². The maximum absolute atomic E-state index is 5.90. The van der Waals surface area contributed by atoms with Crippen molar-refractivity contribution in [2.45, 2.75) is 10.6 Å². The molecule has 88 valence electrons. The van der Waals surface area contributed by atoms with E-state index in [0.717, 1.165) is 20.8 Å². The van der Waals surface area contributed by atoms with Gasteiger partial charge in [0.2, 0.25) is 0 Å². The number of nitrogen functional groups attached to an aromatic ring is 1. The van der Waals surface area contributed by atoms with Crippen LogP contribution in [0, 0.1) is 0 Å². The van der Waals surface area contributed by atoms with E-state index in [0.29, 0.717) is 5.02 Å². The summed E-state index contributed by atoms with van der Waals surface area (Å²) in [6.07, 6.45) is 0. The summed E-state index contributed by atoms with van der Waals surface area (Å²) in [4.78, 5) is 1.06. The number of rotatable bonds is 3. The molecule has 1 nitrogen and oxygen atoms in total. The van der Waals surface area contributed by atoms with Crippen LogP contribution in [0.4, 0.5) is 5.69 Å². The van der Waals surface area contributed by atoms with Crippen molar-refractivity contribution in [1.82, 2.24) is 0 Å². The highest BCUT2D eigenvalue weighted by molar-refractivity contribution is 9.10. The molecule has 0 radical (unpaired) electrons. The largest absolute Gasteiger partial charge is 0.398 e. The first-order valence-electron chi connectivity index (χ1n) is 5.07. The van der Waals surface area contributed by atoms with E-state index in [2.05, 4.69) is 28.1 Å². The molecule has 0 aromatic heterocycles. The van der Waals surface area contributed by atoms with Gasteiger partial charge in [-0.3, -0.25) is 0 Å². The molecule has 0 aliphatic carbocycles. The van der Waals surface area contributed by atoms with E-state index >= 15 is 0 Å². The second-order valence-electron chi connectivity index (χ2n) is 3.60. The molecule has 2 aromatic rings. The quantitative estimate of drug-likeness (QED) is 0.635. The predicted molar refractivity (Wildman–Crippen MR) is 79.6 cm³/mol. The van der Waals surface area contributed by atoms with Gasteiger partial charge in [-0.2, -0.15) is 0 Å². The van der Waals surface area contributed by atoms with Crippen LogP contribution in [0.15, 0.2) is 51.8 Å². The normalized spacial score (nSPS) is 10.5. The van der Waals surface area contributed by atoms with Crippen LogP contribution in [0.5, 0.6) is 0 Å². The molecule has 2 aromatic carbocycles. The summed E-state index contributed by atoms with van der Waals surface area (Å²) < 4.78 is 1.10. The van der Waals surface area contributed by atoms with Crippen molar-refractivity contribution in [2.24, 2.45) is 0 Å². The number of nitrogens with two attached hydrogens (primary N) is 1. The standard InChI is InChI=1S/C13H11BrClNS/c14-10-3-1-2-9(6-10)8-17-13-5-4-11(15)7-12(13)16/h1-7H,8,16H2. The van der Waals surface area contributed by atoms with E-state index in [1.54, 1.807) is 17.8 Å². The van der Waals surface area contributed by atoms with Crippen LogP contribution in [-0.2, 0) is 5.75 Å². The summed E-state index contributed by atoms with van der Waals surface area (Å²) in [6, 6.07) is 13.9. The van der Waals surface area contributed by atoms with Gasteiger partial charge in [-0.1, -0.05) is 39.7 Å². The van der Waals surface area contributed by atoms with Crippen LogP contribution >= 0.6 is 39.3 Å². The van der Waals surface area contributed by atoms with Crippen molar-refractivity contribution < 1.29 is 0 Å². The van der Waals surface area contributed by atoms with Crippen LogP contribution in [0.25, 0.3) is 0 Å². The van der Waals surface area contributed by atoms with Crippen molar-refractivity contribution in [1.29, 1.82) is 0 Å². The van der Waals surface area contributed by atoms with Crippen LogP contribution in [0.2, 0.25) is 5.02 Å². The van der Waals surface area contributed by atoms with Crippen LogP contribution in [0.3, 0.4) is 0 Å². The Kier molecular flexibility index (Phi) is 4.37. The average Bonchev–Trinajstić information content (AvgIpc) is 2.28. The molecule has 0 heterocycles. The molecular weight excluding hydrogens is 318 g/mol. The van der Waals surface area contributed by atoms with Crippen molar-refractivity contribution in [2.75, 3.05) is 5.73 Å². The minimum Gasteiger partial charge on any atom is -0.398 e. The Morgan fingerprint density at radius 2 is 2.00 bits per heavy atom. The third kappa shape index (κ3) is 3.66. The zero-order valence-electron chi connectivity index (χ0n) is 8.99. The van der Waals surface area contributed by atoms with Crippen LogP contribution in [0.1, 0.15) is 5.56 Å². The fourth-order valence-corrected chi connectivity index (χ4v) is 2.96. The van der Waals surface area contributed by atoms with E-state index in [-0.39, 0.29) is 0 Å². The zero-order valence-corrected chi connectivity index (χ0v) is 12.1. The van der Waals surface area contributed by atoms with Crippen molar-refractivity contribution >= 4 is 45.0 Å². The first kappa shape index (κ1) is 12.8. The molecule has 17 heavy (non-hydrogen) atoms. The summed E-state index contributed by atoms with van der Waals surface area (Å²) in [7, 11) is 0. The van der Waals surface area contributed by atoms with Gasteiger partial charge in [-0.05, 0) is 35.9 Å². The lowest BCUT2D eigenvalue weighted by Crippen LogP contribution is -1.89. The summed E-state index contributed by atoms with van der Waals surface area (Å²) in [5, 5.41) is 0.675. The van der Waals surface area contributed by atoms with Crippen molar-refractivity contribution in [3.8, 4) is 0 Å². The Labute approximate surface area is 118 Å². The summed E-state index contributed by atoms with van der Waals surface area (Å²) in [6.45, 7) is 0. The van der Waals surface area contributed by atoms with E-state index in [4.69, 9.17) is 17.3 Å². The molecule has 0 atom stereocenters. The molecule has 0 saturated heterocycles. The number of anilines is 1. The van der Waals surface area contributed by atoms with Crippen molar-refractivity contribution in [3.05, 3.63) is 57.5 Å². The zero-order chi connectivity index (χ0) is 12.3. The minimum absolute atomic E-state index is 0.675. The van der Waals surface area contributed by atoms with Gasteiger partial charge in [0.05, 0.1) is 0 Å². The Morgan fingerprint density at radius 3 is 2.71 bits per heavy atom. The van der Waals surface area contributed by atoms with Gasteiger partial charge in [0.25, 0.3) is 0 Å². The number of thioether (sulfide) groups is 1. The van der Waals surface area contributed by atoms with E-state index in [1.165, 1.54) is 5.56 Å². The summed E-state index contributed by atoms with van der Waals surface area (Å²) in [5.74, 6) is 0.894. The molecule has 0 spiro atoms. The average molecular weight is 329 g/mol. The second-order valence-corrected chi connectivity index (χ2v) is 5.97. The fourth-order valence-electron chi connectivity index (χ4n) is 1.44. The number of benzene rings is 2. The molecule has 2 rings (SSSR count). The molecule has 0 bridgehead atoms. The smallest absolute Gasteiger partial charge is 0.0467 e. The van der Waals surface area contributed by atoms with E-state index < -0.39 is 0 Å². The molecule has 0 fully saturated rings. The molecule has 0 aliphatic rings. The third-order valence-corrected chi connectivity index (χ3v) is 4.14. The molecule has 0 saturated carbocycles. The first-order chi connectivity index (χ1) is 8.15. The highest BCUT2D eigenvalue weighted by atomic mass is 79.9. The molecule has 0 amide bonds. The second kappa shape index (κ2) is 5.80. The summed E-state index contributed by atoms with van der Waals surface area (Å²) >= 11 is 11.0. The maximum Gasteiger partial charge on any atom is 0.0467 e. The Hall–Kier alpha value is -0.640. The monoisotopic (exact) mass is 327 g/mol. The van der Waals surface area contributed by atoms with Crippen molar-refractivity contribution in [3.63, 3.8) is 0 Å². The minimum atomic E-state index is 0.675. The molecule has 4 heteroatoms. The molecule has 0 aliphatic heterocycles. The first-order valence-corrected chi connectivity index (χ1v) is 7.23. The highest BCUT2D eigenvalue weighted by Gasteiger charge is 2.02. The van der Waals surface area contributed by atoms with Gasteiger partial charge in [-0.15, -0.1) is 11.8 Å². The Balaban J connectivity index is 2.07. The highest BCUT2D eigenvalue weighted by Crippen LogP contribution is 2.30. The number of hydrogen-bond donors (Lipinski definition) is 1. The lowest BCUT2D eigenvalue weighted by atomic mass is 10.2. The lowest BCUT2D eigenvalue weighted by Gasteiger charge is -2.06. The Bertz CT molecular complexity index is 531. The van der Waals surface area contributed by atoms with E-state index in [1.807, 2.05) is 24.3 Å². The van der Waals surface area contributed by atoms with Gasteiger partial charge < -0.3 is 5.73 Å². The molecule has 0 unspecified atom stereocenters. The number of hydrogen-bond acceptors (Lipinski definition) is 2. The topological polar surface area (TPSA) is 26.0 Å². The molecule has 2 N–H and O–H groups in total. The van der Waals surface area contributed by atoms with Gasteiger partial charge >= 0.3 is 0 Å². The summed E-state index contributed by atoms with van der Waals surface area (Å²) in [5.41, 5.74) is 7.90. The van der Waals surface area contributed by atoms with Gasteiger partial charge in [-0.25, -0.2) is 0 Å². The van der Waals surface area contributed by atoms with Gasteiger partial charge in [0, 0.05) is 25.8 Å². The number of halogens is 2. The predicted octanol–water partition coefficient (Wildman–Crippen LogP) is 4.98. The van der Waals surface area contributed by atoms with E-state index in [9.17, 15) is 0 Å². The molecular formula is C13H11BrClNS. The lowest BCUT2D eigenvalue weighted by molar-refractivity contribution is 1.37.